The first-order chi connectivity index (χ1) is 13.9. The molecule has 9 heteroatoms. The second-order valence-corrected chi connectivity index (χ2v) is 6.32. The summed E-state index contributed by atoms with van der Waals surface area (Å²) in [4.78, 5) is 16.5. The van der Waals surface area contributed by atoms with Crippen LogP contribution in [0.4, 0.5) is 4.39 Å². The van der Waals surface area contributed by atoms with E-state index < -0.39 is 5.82 Å². The summed E-state index contributed by atoms with van der Waals surface area (Å²) < 4.78 is 18.9. The smallest absolute Gasteiger partial charge is 0.251 e. The normalized spacial score (nSPS) is 11.8. The van der Waals surface area contributed by atoms with Gasteiger partial charge in [0.05, 0.1) is 19.7 Å². The molecule has 30 heavy (non-hydrogen) atoms. The van der Waals surface area contributed by atoms with Gasteiger partial charge in [0.2, 0.25) is 0 Å². The predicted octanol–water partition coefficient (Wildman–Crippen LogP) is 3.20. The Labute approximate surface area is 193 Å². The van der Waals surface area contributed by atoms with Gasteiger partial charge in [0.1, 0.15) is 5.75 Å². The second kappa shape index (κ2) is 12.9. The maximum absolute atomic E-state index is 13.9. The van der Waals surface area contributed by atoms with Gasteiger partial charge in [0, 0.05) is 18.7 Å². The summed E-state index contributed by atoms with van der Waals surface area (Å²) in [5, 5.41) is 18.4. The third-order valence-corrected chi connectivity index (χ3v) is 4.17. The van der Waals surface area contributed by atoms with Gasteiger partial charge >= 0.3 is 0 Å². The molecule has 1 amide bonds. The van der Waals surface area contributed by atoms with E-state index in [1.807, 2.05) is 13.8 Å². The fourth-order valence-electron chi connectivity index (χ4n) is 2.61. The highest BCUT2D eigenvalue weighted by molar-refractivity contribution is 14.0. The standard InChI is InChI=1S/C21H27FN4O3.HI/c1-4-23-21(26-14(2)16-7-10-19(29-3)18(22)13-16)25-12-11-24-20(28)15-5-8-17(27)9-6-15;/h5-10,13-14,27H,4,11-12H2,1-3H3,(H,24,28)(H2,23,25,26);1H. The number of carbonyl (C=O) groups excluding carboxylic acids is 1. The van der Waals surface area contributed by atoms with Crippen molar-refractivity contribution in [1.82, 2.24) is 16.0 Å². The Hall–Kier alpha value is -2.56. The van der Waals surface area contributed by atoms with Crippen LogP contribution in [-0.4, -0.2) is 43.7 Å². The highest BCUT2D eigenvalue weighted by atomic mass is 127. The highest BCUT2D eigenvalue weighted by Gasteiger charge is 2.11. The van der Waals surface area contributed by atoms with E-state index in [9.17, 15) is 14.3 Å². The summed E-state index contributed by atoms with van der Waals surface area (Å²) >= 11 is 0. The van der Waals surface area contributed by atoms with Crippen molar-refractivity contribution < 1.29 is 19.0 Å². The molecule has 0 bridgehead atoms. The lowest BCUT2D eigenvalue weighted by Crippen LogP contribution is -2.39. The summed E-state index contributed by atoms with van der Waals surface area (Å²) in [7, 11) is 1.43. The number of nitrogens with zero attached hydrogens (tertiary/aromatic N) is 1. The van der Waals surface area contributed by atoms with Gasteiger partial charge < -0.3 is 25.8 Å². The van der Waals surface area contributed by atoms with Crippen LogP contribution in [0.3, 0.4) is 0 Å². The van der Waals surface area contributed by atoms with Crippen LogP contribution in [0.2, 0.25) is 0 Å². The van der Waals surface area contributed by atoms with E-state index in [-0.39, 0.29) is 47.4 Å². The van der Waals surface area contributed by atoms with E-state index in [0.29, 0.717) is 31.2 Å². The lowest BCUT2D eigenvalue weighted by atomic mass is 10.1. The monoisotopic (exact) mass is 530 g/mol. The van der Waals surface area contributed by atoms with Crippen molar-refractivity contribution in [3.05, 3.63) is 59.4 Å². The van der Waals surface area contributed by atoms with Gasteiger partial charge in [0.25, 0.3) is 5.91 Å². The molecule has 0 saturated heterocycles. The molecular formula is C21H28FIN4O3. The number of aliphatic imine (C=N–C) groups is 1. The molecule has 0 heterocycles. The lowest BCUT2D eigenvalue weighted by molar-refractivity contribution is 0.0955. The fourth-order valence-corrected chi connectivity index (χ4v) is 2.61. The van der Waals surface area contributed by atoms with Crippen LogP contribution in [0.1, 0.15) is 35.8 Å². The summed E-state index contributed by atoms with van der Waals surface area (Å²) in [6.07, 6.45) is 0. The highest BCUT2D eigenvalue weighted by Crippen LogP contribution is 2.21. The van der Waals surface area contributed by atoms with Crippen LogP contribution in [0.5, 0.6) is 11.5 Å². The Morgan fingerprint density at radius 1 is 1.20 bits per heavy atom. The summed E-state index contributed by atoms with van der Waals surface area (Å²) in [5.41, 5.74) is 1.22. The van der Waals surface area contributed by atoms with Crippen molar-refractivity contribution in [3.63, 3.8) is 0 Å². The van der Waals surface area contributed by atoms with E-state index >= 15 is 0 Å². The Balaban J connectivity index is 0.00000450. The number of rotatable bonds is 8. The van der Waals surface area contributed by atoms with Gasteiger partial charge in [-0.3, -0.25) is 9.79 Å². The molecule has 0 fully saturated rings. The largest absolute Gasteiger partial charge is 0.508 e. The second-order valence-electron chi connectivity index (χ2n) is 6.32. The van der Waals surface area contributed by atoms with Crippen LogP contribution in [-0.2, 0) is 0 Å². The maximum atomic E-state index is 13.9. The number of halogens is 2. The van der Waals surface area contributed by atoms with Crippen LogP contribution in [0, 0.1) is 5.82 Å². The first-order valence-corrected chi connectivity index (χ1v) is 9.40. The molecular weight excluding hydrogens is 502 g/mol. The molecule has 2 rings (SSSR count). The first-order valence-electron chi connectivity index (χ1n) is 9.40. The number of hydrogen-bond donors (Lipinski definition) is 4. The van der Waals surface area contributed by atoms with Crippen molar-refractivity contribution in [2.24, 2.45) is 4.99 Å². The number of methoxy groups -OCH3 is 1. The molecule has 0 aliphatic carbocycles. The topological polar surface area (TPSA) is 95.0 Å². The number of guanidine groups is 1. The average Bonchev–Trinajstić information content (AvgIpc) is 2.71. The van der Waals surface area contributed by atoms with Crippen molar-refractivity contribution in [1.29, 1.82) is 0 Å². The predicted molar refractivity (Wildman–Crippen MR) is 126 cm³/mol. The molecule has 0 aliphatic rings. The van der Waals surface area contributed by atoms with Crippen LogP contribution >= 0.6 is 24.0 Å². The minimum atomic E-state index is -0.419. The number of benzene rings is 2. The molecule has 0 saturated carbocycles. The van der Waals surface area contributed by atoms with Gasteiger partial charge in [-0.2, -0.15) is 0 Å². The summed E-state index contributed by atoms with van der Waals surface area (Å²) in [6.45, 7) is 5.22. The Morgan fingerprint density at radius 2 is 1.90 bits per heavy atom. The average molecular weight is 530 g/mol. The van der Waals surface area contributed by atoms with Crippen LogP contribution in [0.25, 0.3) is 0 Å². The zero-order valence-corrected chi connectivity index (χ0v) is 19.6. The molecule has 0 aliphatic heterocycles. The van der Waals surface area contributed by atoms with Crippen LogP contribution in [0.15, 0.2) is 47.5 Å². The van der Waals surface area contributed by atoms with E-state index in [1.54, 1.807) is 24.3 Å². The fraction of sp³-hybridized carbons (Fsp3) is 0.333. The first kappa shape index (κ1) is 25.5. The van der Waals surface area contributed by atoms with Crippen molar-refractivity contribution in [2.45, 2.75) is 19.9 Å². The molecule has 4 N–H and O–H groups in total. The zero-order valence-electron chi connectivity index (χ0n) is 17.2. The summed E-state index contributed by atoms with van der Waals surface area (Å²) in [6, 6.07) is 10.7. The number of phenols is 1. The lowest BCUT2D eigenvalue weighted by Gasteiger charge is -2.18. The van der Waals surface area contributed by atoms with E-state index in [2.05, 4.69) is 20.9 Å². The number of ether oxygens (including phenoxy) is 1. The molecule has 0 aromatic heterocycles. The van der Waals surface area contributed by atoms with Gasteiger partial charge in [-0.15, -0.1) is 24.0 Å². The third-order valence-electron chi connectivity index (χ3n) is 4.17. The van der Waals surface area contributed by atoms with Crippen LogP contribution < -0.4 is 20.7 Å². The third kappa shape index (κ3) is 7.69. The number of hydrogen-bond acceptors (Lipinski definition) is 4. The maximum Gasteiger partial charge on any atom is 0.251 e. The minimum absolute atomic E-state index is 0. The minimum Gasteiger partial charge on any atom is -0.508 e. The number of nitrogens with one attached hydrogen (secondary N) is 3. The molecule has 1 unspecified atom stereocenters. The molecule has 2 aromatic rings. The number of aromatic hydroxyl groups is 1. The Kier molecular flexibility index (Phi) is 10.9. The van der Waals surface area contributed by atoms with Gasteiger partial charge in [-0.1, -0.05) is 6.07 Å². The van der Waals surface area contributed by atoms with E-state index in [0.717, 1.165) is 5.56 Å². The molecule has 0 spiro atoms. The quantitative estimate of drug-likeness (QED) is 0.182. The molecule has 164 valence electrons. The molecule has 1 atom stereocenters. The van der Waals surface area contributed by atoms with Gasteiger partial charge in [-0.05, 0) is 55.8 Å². The number of amides is 1. The molecule has 7 nitrogen and oxygen atoms in total. The Morgan fingerprint density at radius 3 is 2.50 bits per heavy atom. The number of phenolic OH excluding ortho intramolecular Hbond substituents is 1. The number of carbonyl (C=O) groups is 1. The zero-order chi connectivity index (χ0) is 21.2. The molecule has 0 radical (unpaired) electrons. The van der Waals surface area contributed by atoms with Crippen molar-refractivity contribution in [3.8, 4) is 11.5 Å². The van der Waals surface area contributed by atoms with Crippen molar-refractivity contribution >= 4 is 35.8 Å². The van der Waals surface area contributed by atoms with Gasteiger partial charge in [0.15, 0.2) is 17.5 Å². The summed E-state index contributed by atoms with van der Waals surface area (Å²) in [5.74, 6) is 0.220. The molecule has 2 aromatic carbocycles. The van der Waals surface area contributed by atoms with E-state index in [4.69, 9.17) is 4.74 Å². The van der Waals surface area contributed by atoms with E-state index in [1.165, 1.54) is 25.3 Å². The van der Waals surface area contributed by atoms with Gasteiger partial charge in [-0.25, -0.2) is 4.39 Å². The Bertz CT molecular complexity index is 847. The SMILES string of the molecule is CCNC(=NCCNC(=O)c1ccc(O)cc1)NC(C)c1ccc(OC)c(F)c1.I. The van der Waals surface area contributed by atoms with Crippen molar-refractivity contribution in [2.75, 3.05) is 26.7 Å².